The van der Waals surface area contributed by atoms with Crippen molar-refractivity contribution in [2.24, 2.45) is 0 Å². The molecule has 0 spiro atoms. The number of hydrogen-bond donors (Lipinski definition) is 2. The normalized spacial score (nSPS) is 14.8. The van der Waals surface area contributed by atoms with Crippen molar-refractivity contribution in [1.82, 2.24) is 10.3 Å². The van der Waals surface area contributed by atoms with Crippen molar-refractivity contribution in [3.05, 3.63) is 64.5 Å². The number of rotatable bonds is 6. The number of pyridine rings is 1. The van der Waals surface area contributed by atoms with Crippen molar-refractivity contribution >= 4 is 11.9 Å². The van der Waals surface area contributed by atoms with E-state index in [1.54, 1.807) is 12.1 Å². The van der Waals surface area contributed by atoms with E-state index in [0.29, 0.717) is 17.9 Å². The van der Waals surface area contributed by atoms with E-state index in [9.17, 15) is 14.7 Å². The molecule has 1 heterocycles. The van der Waals surface area contributed by atoms with Crippen LogP contribution in [0.15, 0.2) is 36.4 Å². The zero-order chi connectivity index (χ0) is 18.0. The molecule has 3 rings (SSSR count). The van der Waals surface area contributed by atoms with Crippen LogP contribution in [0, 0.1) is 6.92 Å². The summed E-state index contributed by atoms with van der Waals surface area (Å²) in [6.45, 7) is 4.18. The predicted octanol–water partition coefficient (Wildman–Crippen LogP) is 3.39. The summed E-state index contributed by atoms with van der Waals surface area (Å²) in [5, 5.41) is 12.2. The van der Waals surface area contributed by atoms with Crippen molar-refractivity contribution in [3.63, 3.8) is 0 Å². The molecule has 2 N–H and O–H groups in total. The maximum atomic E-state index is 12.4. The molecule has 5 heteroatoms. The highest BCUT2D eigenvalue weighted by atomic mass is 16.4. The smallest absolute Gasteiger partial charge is 0.337 e. The van der Waals surface area contributed by atoms with Gasteiger partial charge in [0.1, 0.15) is 0 Å². The van der Waals surface area contributed by atoms with Gasteiger partial charge in [-0.2, -0.15) is 0 Å². The van der Waals surface area contributed by atoms with E-state index in [-0.39, 0.29) is 23.3 Å². The van der Waals surface area contributed by atoms with Gasteiger partial charge in [0.2, 0.25) is 5.91 Å². The Labute approximate surface area is 147 Å². The number of nitrogens with zero attached hydrogens (tertiary/aromatic N) is 1. The van der Waals surface area contributed by atoms with Gasteiger partial charge in [-0.25, -0.2) is 4.79 Å². The molecule has 0 aliphatic heterocycles. The van der Waals surface area contributed by atoms with Gasteiger partial charge < -0.3 is 10.4 Å². The molecule has 1 aliphatic carbocycles. The van der Waals surface area contributed by atoms with Gasteiger partial charge in [0.15, 0.2) is 0 Å². The van der Waals surface area contributed by atoms with Crippen molar-refractivity contribution < 1.29 is 14.7 Å². The molecule has 0 saturated heterocycles. The fourth-order valence-corrected chi connectivity index (χ4v) is 2.89. The van der Waals surface area contributed by atoms with Crippen LogP contribution in [0.5, 0.6) is 0 Å². The molecule has 25 heavy (non-hydrogen) atoms. The first-order valence-electron chi connectivity index (χ1n) is 8.53. The molecule has 1 unspecified atom stereocenters. The summed E-state index contributed by atoms with van der Waals surface area (Å²) in [6, 6.07) is 11.2. The summed E-state index contributed by atoms with van der Waals surface area (Å²) in [7, 11) is 0. The number of aromatic carboxylic acids is 1. The monoisotopic (exact) mass is 338 g/mol. The number of amides is 1. The summed E-state index contributed by atoms with van der Waals surface area (Å²) in [6.07, 6.45) is 1.96. The Balaban J connectivity index is 1.68. The van der Waals surface area contributed by atoms with E-state index in [1.807, 2.05) is 38.1 Å². The third kappa shape index (κ3) is 4.05. The lowest BCUT2D eigenvalue weighted by Gasteiger charge is -2.14. The topological polar surface area (TPSA) is 79.3 Å². The number of carboxylic acids is 1. The molecular weight excluding hydrogens is 316 g/mol. The Bertz CT molecular complexity index is 812. The summed E-state index contributed by atoms with van der Waals surface area (Å²) < 4.78 is 0. The molecule has 1 atom stereocenters. The summed E-state index contributed by atoms with van der Waals surface area (Å²) >= 11 is 0. The van der Waals surface area contributed by atoms with Crippen LogP contribution in [0.2, 0.25) is 0 Å². The predicted molar refractivity (Wildman–Crippen MR) is 94.6 cm³/mol. The Morgan fingerprint density at radius 1 is 1.28 bits per heavy atom. The van der Waals surface area contributed by atoms with Crippen molar-refractivity contribution in [3.8, 4) is 0 Å². The molecule has 2 aromatic rings. The molecule has 1 amide bonds. The minimum absolute atomic E-state index is 0.0670. The van der Waals surface area contributed by atoms with Crippen LogP contribution in [0.4, 0.5) is 0 Å². The average molecular weight is 338 g/mol. The molecule has 1 aromatic carbocycles. The fraction of sp³-hybridized carbons (Fsp3) is 0.350. The fourth-order valence-electron chi connectivity index (χ4n) is 2.89. The number of benzene rings is 1. The molecule has 5 nitrogen and oxygen atoms in total. The highest BCUT2D eigenvalue weighted by molar-refractivity contribution is 5.89. The van der Waals surface area contributed by atoms with Crippen LogP contribution in [-0.2, 0) is 11.3 Å². The van der Waals surface area contributed by atoms with Crippen molar-refractivity contribution in [1.29, 1.82) is 0 Å². The summed E-state index contributed by atoms with van der Waals surface area (Å²) in [5.41, 5.74) is 3.70. The lowest BCUT2D eigenvalue weighted by molar-refractivity contribution is -0.122. The molecule has 1 fully saturated rings. The zero-order valence-corrected chi connectivity index (χ0v) is 14.5. The molecule has 1 saturated carbocycles. The lowest BCUT2D eigenvalue weighted by atomic mass is 9.98. The number of aryl methyl sites for hydroxylation is 1. The van der Waals surface area contributed by atoms with Crippen LogP contribution >= 0.6 is 0 Å². The molecule has 130 valence electrons. The molecule has 0 radical (unpaired) electrons. The standard InChI is InChI=1S/C20H22N2O3/c1-12-4-3-5-15(10-12)13(2)19(23)21-11-16-8-9-17(20(24)25)18(22-16)14-6-7-14/h3-5,8-10,13-14H,6-7,11H2,1-2H3,(H,21,23)(H,24,25). The van der Waals surface area contributed by atoms with Gasteiger partial charge in [0, 0.05) is 5.92 Å². The lowest BCUT2D eigenvalue weighted by Crippen LogP contribution is -2.28. The number of hydrogen-bond acceptors (Lipinski definition) is 3. The van der Waals surface area contributed by atoms with Gasteiger partial charge in [0.05, 0.1) is 29.4 Å². The Hall–Kier alpha value is -2.69. The maximum Gasteiger partial charge on any atom is 0.337 e. The second kappa shape index (κ2) is 7.05. The first-order valence-corrected chi connectivity index (χ1v) is 8.53. The van der Waals surface area contributed by atoms with E-state index in [1.165, 1.54) is 0 Å². The van der Waals surface area contributed by atoms with Crippen LogP contribution in [-0.4, -0.2) is 22.0 Å². The molecule has 0 bridgehead atoms. The minimum atomic E-state index is -0.946. The van der Waals surface area contributed by atoms with Gasteiger partial charge >= 0.3 is 5.97 Å². The number of carboxylic acid groups (broad SMARTS) is 1. The van der Waals surface area contributed by atoms with E-state index in [4.69, 9.17) is 0 Å². The number of aromatic nitrogens is 1. The van der Waals surface area contributed by atoms with Crippen LogP contribution < -0.4 is 5.32 Å². The Morgan fingerprint density at radius 3 is 2.68 bits per heavy atom. The number of nitrogens with one attached hydrogen (secondary N) is 1. The SMILES string of the molecule is Cc1cccc(C(C)C(=O)NCc2ccc(C(=O)O)c(C3CC3)n2)c1. The molecular formula is C20H22N2O3. The second-order valence-corrected chi connectivity index (χ2v) is 6.67. The van der Waals surface area contributed by atoms with E-state index < -0.39 is 5.97 Å². The third-order valence-electron chi connectivity index (χ3n) is 4.56. The first kappa shape index (κ1) is 17.1. The minimum Gasteiger partial charge on any atom is -0.478 e. The summed E-state index contributed by atoms with van der Waals surface area (Å²) in [4.78, 5) is 28.2. The summed E-state index contributed by atoms with van der Waals surface area (Å²) in [5.74, 6) is -1.02. The van der Waals surface area contributed by atoms with Crippen molar-refractivity contribution in [2.75, 3.05) is 0 Å². The largest absolute Gasteiger partial charge is 0.478 e. The van der Waals surface area contributed by atoms with Crippen LogP contribution in [0.25, 0.3) is 0 Å². The van der Waals surface area contributed by atoms with Gasteiger partial charge in [-0.1, -0.05) is 29.8 Å². The highest BCUT2D eigenvalue weighted by Crippen LogP contribution is 2.40. The van der Waals surface area contributed by atoms with E-state index in [2.05, 4.69) is 10.3 Å². The highest BCUT2D eigenvalue weighted by Gasteiger charge is 2.30. The van der Waals surface area contributed by atoms with Crippen LogP contribution in [0.3, 0.4) is 0 Å². The quantitative estimate of drug-likeness (QED) is 0.846. The molecule has 1 aliphatic rings. The zero-order valence-electron chi connectivity index (χ0n) is 14.5. The van der Waals surface area contributed by atoms with Crippen LogP contribution in [0.1, 0.15) is 64.5 Å². The van der Waals surface area contributed by atoms with Gasteiger partial charge in [-0.15, -0.1) is 0 Å². The first-order chi connectivity index (χ1) is 12.0. The van der Waals surface area contributed by atoms with Gasteiger partial charge in [-0.3, -0.25) is 9.78 Å². The van der Waals surface area contributed by atoms with E-state index in [0.717, 1.165) is 24.0 Å². The Morgan fingerprint density at radius 2 is 2.04 bits per heavy atom. The molecule has 1 aromatic heterocycles. The third-order valence-corrected chi connectivity index (χ3v) is 4.56. The maximum absolute atomic E-state index is 12.4. The van der Waals surface area contributed by atoms with Gasteiger partial charge in [0.25, 0.3) is 0 Å². The van der Waals surface area contributed by atoms with E-state index >= 15 is 0 Å². The average Bonchev–Trinajstić information content (AvgIpc) is 3.43. The second-order valence-electron chi connectivity index (χ2n) is 6.67. The number of carbonyl (C=O) groups excluding carboxylic acids is 1. The number of carbonyl (C=O) groups is 2. The Kier molecular flexibility index (Phi) is 4.83. The van der Waals surface area contributed by atoms with Gasteiger partial charge in [-0.05, 0) is 44.4 Å². The van der Waals surface area contributed by atoms with Crippen molar-refractivity contribution in [2.45, 2.75) is 45.1 Å².